The van der Waals surface area contributed by atoms with Gasteiger partial charge in [-0.05, 0) is 0 Å². The summed E-state index contributed by atoms with van der Waals surface area (Å²) in [7, 11) is 0. The molecule has 2 nitrogen and oxygen atoms in total. The molecule has 0 bridgehead atoms. The Balaban J connectivity index is -0.0000000133. The van der Waals surface area contributed by atoms with Gasteiger partial charge in [-0.25, -0.2) is 0 Å². The van der Waals surface area contributed by atoms with Gasteiger partial charge in [-0.2, -0.15) is 0 Å². The standard InChI is InChI=1S/2CH2O.Ru/c2*1-2;/h2*1H2;. The summed E-state index contributed by atoms with van der Waals surface area (Å²) in [6.07, 6.45) is 0. The van der Waals surface area contributed by atoms with Crippen LogP contribution >= 0.6 is 0 Å². The minimum Gasteiger partial charge on any atom is -0.307 e. The zero-order valence-corrected chi connectivity index (χ0v) is 4.32. The van der Waals surface area contributed by atoms with Crippen LogP contribution in [0.5, 0.6) is 0 Å². The molecule has 32 valence electrons. The van der Waals surface area contributed by atoms with Gasteiger partial charge in [0, 0.05) is 19.5 Å². The number of hydrogen-bond acceptors (Lipinski definition) is 2. The molecule has 0 N–H and O–H groups in total. The van der Waals surface area contributed by atoms with Crippen molar-refractivity contribution in [3.8, 4) is 0 Å². The molecule has 0 spiro atoms. The molecule has 3 heteroatoms. The van der Waals surface area contributed by atoms with E-state index in [1.807, 2.05) is 13.6 Å². The second-order valence-corrected chi connectivity index (χ2v) is 0. The van der Waals surface area contributed by atoms with Crippen molar-refractivity contribution in [3.05, 3.63) is 0 Å². The quantitative estimate of drug-likeness (QED) is 0.454. The van der Waals surface area contributed by atoms with Gasteiger partial charge in [0.05, 0.1) is 0 Å². The van der Waals surface area contributed by atoms with Crippen LogP contribution in [0.3, 0.4) is 0 Å². The first-order chi connectivity index (χ1) is 2.00. The van der Waals surface area contributed by atoms with E-state index in [0.29, 0.717) is 0 Å². The van der Waals surface area contributed by atoms with E-state index >= 15 is 0 Å². The van der Waals surface area contributed by atoms with E-state index < -0.39 is 0 Å². The van der Waals surface area contributed by atoms with Crippen molar-refractivity contribution in [2.75, 3.05) is 0 Å². The Bertz CT molecular complexity index is 9.61. The van der Waals surface area contributed by atoms with Gasteiger partial charge >= 0.3 is 0 Å². The fourth-order valence-electron chi connectivity index (χ4n) is 0. The van der Waals surface area contributed by atoms with Gasteiger partial charge in [-0.3, -0.25) is 0 Å². The molecule has 0 aliphatic rings. The maximum absolute atomic E-state index is 8.00. The topological polar surface area (TPSA) is 34.1 Å². The van der Waals surface area contributed by atoms with Gasteiger partial charge in [0.25, 0.3) is 0 Å². The van der Waals surface area contributed by atoms with Gasteiger partial charge in [0.1, 0.15) is 13.6 Å². The van der Waals surface area contributed by atoms with Crippen molar-refractivity contribution < 1.29 is 29.1 Å². The van der Waals surface area contributed by atoms with Crippen LogP contribution in [0, 0.1) is 0 Å². The maximum Gasteiger partial charge on any atom is 0.106 e. The molecule has 0 saturated carbocycles. The average Bonchev–Trinajstić information content (AvgIpc) is 1.50. The third kappa shape index (κ3) is 11400. The molecular formula is C2H4O2Ru. The van der Waals surface area contributed by atoms with Crippen molar-refractivity contribution in [2.45, 2.75) is 0 Å². The zero-order valence-electron chi connectivity index (χ0n) is 2.58. The molecule has 0 rings (SSSR count). The van der Waals surface area contributed by atoms with Crippen molar-refractivity contribution >= 4 is 13.6 Å². The largest absolute Gasteiger partial charge is 0.307 e. The Morgan fingerprint density at radius 1 is 0.800 bits per heavy atom. The molecule has 0 aromatic rings. The number of carbonyl (C=O) groups excluding carboxylic acids is 2. The van der Waals surface area contributed by atoms with Gasteiger partial charge in [0.15, 0.2) is 0 Å². The van der Waals surface area contributed by atoms with E-state index in [2.05, 4.69) is 0 Å². The molecule has 0 saturated heterocycles. The molecule has 0 aliphatic carbocycles. The first-order valence-corrected chi connectivity index (χ1v) is 0.577. The summed E-state index contributed by atoms with van der Waals surface area (Å²) in [4.78, 5) is 16.0. The van der Waals surface area contributed by atoms with Crippen molar-refractivity contribution in [1.29, 1.82) is 0 Å². The Labute approximate surface area is 43.3 Å². The van der Waals surface area contributed by atoms with Gasteiger partial charge < -0.3 is 9.59 Å². The van der Waals surface area contributed by atoms with Crippen LogP contribution in [-0.2, 0) is 29.1 Å². The van der Waals surface area contributed by atoms with Crippen LogP contribution in [0.2, 0.25) is 0 Å². The Morgan fingerprint density at radius 3 is 0.800 bits per heavy atom. The van der Waals surface area contributed by atoms with E-state index in [1.165, 1.54) is 0 Å². The molecule has 5 heavy (non-hydrogen) atoms. The van der Waals surface area contributed by atoms with Crippen molar-refractivity contribution in [1.82, 2.24) is 0 Å². The first kappa shape index (κ1) is 20.2. The summed E-state index contributed by atoms with van der Waals surface area (Å²) in [5, 5.41) is 0. The molecule has 0 aromatic heterocycles. The third-order valence-corrected chi connectivity index (χ3v) is 0. The van der Waals surface area contributed by atoms with Gasteiger partial charge in [-0.1, -0.05) is 0 Å². The Morgan fingerprint density at radius 2 is 0.800 bits per heavy atom. The molecule has 0 aromatic carbocycles. The molecule has 0 heterocycles. The summed E-state index contributed by atoms with van der Waals surface area (Å²) in [6, 6.07) is 0. The van der Waals surface area contributed by atoms with Crippen molar-refractivity contribution in [2.24, 2.45) is 0 Å². The van der Waals surface area contributed by atoms with Crippen LogP contribution in [0.15, 0.2) is 0 Å². The summed E-state index contributed by atoms with van der Waals surface area (Å²) in [6.45, 7) is 4.00. The summed E-state index contributed by atoms with van der Waals surface area (Å²) < 4.78 is 0. The van der Waals surface area contributed by atoms with E-state index in [0.717, 1.165) is 0 Å². The summed E-state index contributed by atoms with van der Waals surface area (Å²) in [5.74, 6) is 0. The van der Waals surface area contributed by atoms with Gasteiger partial charge in [0.2, 0.25) is 0 Å². The molecule has 0 amide bonds. The van der Waals surface area contributed by atoms with E-state index in [1.54, 1.807) is 0 Å². The van der Waals surface area contributed by atoms with Crippen LogP contribution in [0.25, 0.3) is 0 Å². The minimum absolute atomic E-state index is 0. The van der Waals surface area contributed by atoms with E-state index in [-0.39, 0.29) is 19.5 Å². The van der Waals surface area contributed by atoms with Crippen LogP contribution in [0.1, 0.15) is 0 Å². The molecule has 0 radical (unpaired) electrons. The van der Waals surface area contributed by atoms with Crippen molar-refractivity contribution in [3.63, 3.8) is 0 Å². The van der Waals surface area contributed by atoms with Crippen LogP contribution in [-0.4, -0.2) is 13.6 Å². The van der Waals surface area contributed by atoms with E-state index in [9.17, 15) is 0 Å². The Hall–Kier alpha value is -0.0366. The Kier molecular flexibility index (Phi) is 105000. The predicted molar refractivity (Wildman–Crippen MR) is 14.2 cm³/mol. The predicted octanol–water partition coefficient (Wildman–Crippen LogP) is -0.372. The zero-order chi connectivity index (χ0) is 4.00. The summed E-state index contributed by atoms with van der Waals surface area (Å²) >= 11 is 0. The van der Waals surface area contributed by atoms with E-state index in [4.69, 9.17) is 9.59 Å². The molecule has 0 unspecified atom stereocenters. The third-order valence-electron chi connectivity index (χ3n) is 0. The second-order valence-electron chi connectivity index (χ2n) is 0. The van der Waals surface area contributed by atoms with Crippen LogP contribution in [0.4, 0.5) is 0 Å². The average molecular weight is 161 g/mol. The summed E-state index contributed by atoms with van der Waals surface area (Å²) in [5.41, 5.74) is 0. The maximum atomic E-state index is 8.00. The van der Waals surface area contributed by atoms with Crippen LogP contribution < -0.4 is 0 Å². The smallest absolute Gasteiger partial charge is 0.106 e. The normalized spacial score (nSPS) is 1.60. The minimum atomic E-state index is 0. The first-order valence-electron chi connectivity index (χ1n) is 0.577. The SMILES string of the molecule is C=O.C=O.[Ru]. The monoisotopic (exact) mass is 162 g/mol. The fourth-order valence-corrected chi connectivity index (χ4v) is 0. The van der Waals surface area contributed by atoms with Gasteiger partial charge in [-0.15, -0.1) is 0 Å². The number of rotatable bonds is 0. The number of hydrogen-bond donors (Lipinski definition) is 0. The molecule has 0 fully saturated rings. The fraction of sp³-hybridized carbons (Fsp3) is 0. The molecular weight excluding hydrogens is 157 g/mol. The molecule has 0 atom stereocenters. The second kappa shape index (κ2) is 25900. The number of carbonyl (C=O) groups is 2. The molecule has 0 aliphatic heterocycles.